The molecule has 1 fully saturated rings. The Kier molecular flexibility index (Phi) is 5.60. The molecule has 1 aromatic carbocycles. The van der Waals surface area contributed by atoms with Gasteiger partial charge in [0.15, 0.2) is 0 Å². The zero-order valence-electron chi connectivity index (χ0n) is 16.2. The second-order valence-electron chi connectivity index (χ2n) is 6.90. The summed E-state index contributed by atoms with van der Waals surface area (Å²) in [6.45, 7) is 3.74. The number of hydrogen-bond donors (Lipinski definition) is 2. The first kappa shape index (κ1) is 20.2. The summed E-state index contributed by atoms with van der Waals surface area (Å²) >= 11 is 0. The maximum Gasteiger partial charge on any atom is 0.290 e. The molecular formula is C20H22N4O5S. The molecule has 0 bridgehead atoms. The van der Waals surface area contributed by atoms with E-state index in [9.17, 15) is 8.42 Å². The number of ether oxygens (including phenoxy) is 1. The third-order valence-corrected chi connectivity index (χ3v) is 6.85. The fraction of sp³-hybridized carbons (Fsp3) is 0.300. The Balaban J connectivity index is 0.000000687. The van der Waals surface area contributed by atoms with Gasteiger partial charge in [-0.05, 0) is 35.9 Å². The van der Waals surface area contributed by atoms with Crippen LogP contribution in [0.25, 0.3) is 11.0 Å². The first-order valence-corrected chi connectivity index (χ1v) is 11.0. The van der Waals surface area contributed by atoms with E-state index in [1.54, 1.807) is 36.7 Å². The van der Waals surface area contributed by atoms with Crippen LogP contribution in [-0.4, -0.2) is 61.7 Å². The maximum atomic E-state index is 13.4. The Morgan fingerprint density at radius 1 is 1.20 bits per heavy atom. The number of carboxylic acid groups (broad SMARTS) is 1. The van der Waals surface area contributed by atoms with E-state index in [2.05, 4.69) is 15.2 Å². The molecule has 9 nitrogen and oxygen atoms in total. The Bertz CT molecular complexity index is 1170. The van der Waals surface area contributed by atoms with Gasteiger partial charge in [0.05, 0.1) is 22.7 Å². The lowest BCUT2D eigenvalue weighted by Crippen LogP contribution is -2.43. The number of pyridine rings is 1. The van der Waals surface area contributed by atoms with Crippen LogP contribution in [0.2, 0.25) is 0 Å². The zero-order valence-corrected chi connectivity index (χ0v) is 17.0. The number of fused-ring (bicyclic) bond motifs is 2. The zero-order chi connectivity index (χ0) is 21.1. The van der Waals surface area contributed by atoms with Crippen LogP contribution in [0.5, 0.6) is 5.75 Å². The van der Waals surface area contributed by atoms with Crippen molar-refractivity contribution in [3.8, 4) is 5.75 Å². The molecule has 0 saturated carbocycles. The van der Waals surface area contributed by atoms with E-state index in [4.69, 9.17) is 14.6 Å². The van der Waals surface area contributed by atoms with Crippen LogP contribution in [0.15, 0.2) is 47.6 Å². The molecule has 3 aromatic rings. The smallest absolute Gasteiger partial charge is 0.290 e. The van der Waals surface area contributed by atoms with Gasteiger partial charge in [-0.15, -0.1) is 0 Å². The number of hydrogen-bond acceptors (Lipinski definition) is 7. The van der Waals surface area contributed by atoms with E-state index < -0.39 is 10.0 Å². The first-order valence-electron chi connectivity index (χ1n) is 9.57. The number of rotatable bonds is 3. The predicted molar refractivity (Wildman–Crippen MR) is 112 cm³/mol. The average Bonchev–Trinajstić information content (AvgIpc) is 3.39. The Labute approximate surface area is 173 Å². The third kappa shape index (κ3) is 3.59. The number of nitrogens with zero attached hydrogens (tertiary/aromatic N) is 3. The highest BCUT2D eigenvalue weighted by Gasteiger charge is 2.26. The van der Waals surface area contributed by atoms with E-state index in [1.165, 1.54) is 3.97 Å². The summed E-state index contributed by atoms with van der Waals surface area (Å²) in [5, 5.41) is 10.2. The average molecular weight is 430 g/mol. The van der Waals surface area contributed by atoms with Crippen molar-refractivity contribution in [1.29, 1.82) is 0 Å². The SMILES string of the molecule is O=CO.O=S(=O)(c1ccc2c(c1)CCO2)n1cc(N2CCNCC2)c2ncccc21. The second kappa shape index (κ2) is 8.33. The van der Waals surface area contributed by atoms with Crippen LogP contribution in [0.4, 0.5) is 5.69 Å². The molecule has 2 aromatic heterocycles. The number of anilines is 1. The molecule has 0 unspecified atom stereocenters. The summed E-state index contributed by atoms with van der Waals surface area (Å²) in [4.78, 5) is 15.3. The van der Waals surface area contributed by atoms with E-state index in [1.807, 2.05) is 6.07 Å². The van der Waals surface area contributed by atoms with E-state index in [-0.39, 0.29) is 11.4 Å². The van der Waals surface area contributed by atoms with Crippen molar-refractivity contribution in [2.45, 2.75) is 11.3 Å². The van der Waals surface area contributed by atoms with Crippen molar-refractivity contribution < 1.29 is 23.1 Å². The molecule has 4 heterocycles. The van der Waals surface area contributed by atoms with Crippen molar-refractivity contribution in [1.82, 2.24) is 14.3 Å². The maximum absolute atomic E-state index is 13.4. The van der Waals surface area contributed by atoms with Crippen molar-refractivity contribution >= 4 is 33.2 Å². The summed E-state index contributed by atoms with van der Waals surface area (Å²) in [6.07, 6.45) is 4.15. The monoisotopic (exact) mass is 430 g/mol. The Morgan fingerprint density at radius 3 is 2.73 bits per heavy atom. The highest BCUT2D eigenvalue weighted by Crippen LogP contribution is 2.33. The summed E-state index contributed by atoms with van der Waals surface area (Å²) < 4.78 is 33.7. The van der Waals surface area contributed by atoms with Gasteiger partial charge in [-0.3, -0.25) is 9.78 Å². The fourth-order valence-electron chi connectivity index (χ4n) is 3.79. The van der Waals surface area contributed by atoms with E-state index in [0.29, 0.717) is 17.6 Å². The number of benzene rings is 1. The molecule has 2 aliphatic heterocycles. The van der Waals surface area contributed by atoms with Gasteiger partial charge < -0.3 is 20.1 Å². The van der Waals surface area contributed by atoms with Crippen LogP contribution < -0.4 is 15.0 Å². The minimum absolute atomic E-state index is 0.250. The molecule has 2 aliphatic rings. The summed E-state index contributed by atoms with van der Waals surface area (Å²) in [7, 11) is -3.73. The van der Waals surface area contributed by atoms with Crippen LogP contribution in [0, 0.1) is 0 Å². The summed E-state index contributed by atoms with van der Waals surface area (Å²) in [5.41, 5.74) is 3.11. The molecule has 0 atom stereocenters. The molecule has 158 valence electrons. The fourth-order valence-corrected chi connectivity index (χ4v) is 5.19. The van der Waals surface area contributed by atoms with Gasteiger partial charge in [0, 0.05) is 45.0 Å². The summed E-state index contributed by atoms with van der Waals surface area (Å²) in [5.74, 6) is 0.773. The minimum atomic E-state index is -3.73. The van der Waals surface area contributed by atoms with E-state index >= 15 is 0 Å². The van der Waals surface area contributed by atoms with Gasteiger partial charge in [-0.2, -0.15) is 0 Å². The molecule has 1 saturated heterocycles. The quantitative estimate of drug-likeness (QED) is 0.598. The van der Waals surface area contributed by atoms with Gasteiger partial charge in [-0.1, -0.05) is 0 Å². The lowest BCUT2D eigenvalue weighted by atomic mass is 10.2. The van der Waals surface area contributed by atoms with Gasteiger partial charge >= 0.3 is 0 Å². The van der Waals surface area contributed by atoms with Gasteiger partial charge in [0.2, 0.25) is 0 Å². The number of nitrogens with one attached hydrogen (secondary N) is 1. The molecule has 2 N–H and O–H groups in total. The summed E-state index contributed by atoms with van der Waals surface area (Å²) in [6, 6.07) is 8.67. The molecular weight excluding hydrogens is 408 g/mol. The Hall–Kier alpha value is -3.11. The van der Waals surface area contributed by atoms with Crippen LogP contribution >= 0.6 is 0 Å². The van der Waals surface area contributed by atoms with Crippen molar-refractivity contribution in [3.63, 3.8) is 0 Å². The van der Waals surface area contributed by atoms with Crippen molar-refractivity contribution in [3.05, 3.63) is 48.3 Å². The van der Waals surface area contributed by atoms with Gasteiger partial charge in [-0.25, -0.2) is 12.4 Å². The van der Waals surface area contributed by atoms with Crippen LogP contribution in [0.1, 0.15) is 5.56 Å². The lowest BCUT2D eigenvalue weighted by molar-refractivity contribution is -0.122. The normalized spacial score (nSPS) is 15.8. The van der Waals surface area contributed by atoms with Crippen molar-refractivity contribution in [2.75, 3.05) is 37.7 Å². The molecule has 0 aliphatic carbocycles. The number of piperazine rings is 1. The molecule has 10 heteroatoms. The second-order valence-corrected chi connectivity index (χ2v) is 8.71. The number of aromatic nitrogens is 2. The highest BCUT2D eigenvalue weighted by molar-refractivity contribution is 7.90. The van der Waals surface area contributed by atoms with Crippen LogP contribution in [-0.2, 0) is 21.2 Å². The molecule has 30 heavy (non-hydrogen) atoms. The van der Waals surface area contributed by atoms with Crippen molar-refractivity contribution in [2.24, 2.45) is 0 Å². The van der Waals surface area contributed by atoms with Gasteiger partial charge in [0.1, 0.15) is 11.3 Å². The highest BCUT2D eigenvalue weighted by atomic mass is 32.2. The Morgan fingerprint density at radius 2 is 1.97 bits per heavy atom. The molecule has 0 spiro atoms. The largest absolute Gasteiger partial charge is 0.493 e. The predicted octanol–water partition coefficient (Wildman–Crippen LogP) is 1.32. The van der Waals surface area contributed by atoms with E-state index in [0.717, 1.165) is 49.6 Å². The molecule has 0 radical (unpaired) electrons. The van der Waals surface area contributed by atoms with Crippen LogP contribution in [0.3, 0.4) is 0 Å². The molecule has 0 amide bonds. The van der Waals surface area contributed by atoms with Gasteiger partial charge in [0.25, 0.3) is 16.5 Å². The number of carbonyl (C=O) groups is 1. The lowest BCUT2D eigenvalue weighted by Gasteiger charge is -2.28. The third-order valence-electron chi connectivity index (χ3n) is 5.18. The minimum Gasteiger partial charge on any atom is -0.493 e. The topological polar surface area (TPSA) is 114 Å². The first-order chi connectivity index (χ1) is 14.6. The standard InChI is InChI=1S/C19H20N4O3S.CH2O2/c24-27(25,15-3-4-18-14(12-15)5-11-26-18)23-13-17(22-9-7-20-8-10-22)19-16(23)2-1-6-21-19;2-1-3/h1-4,6,12-13,20H,5,7-11H2;1H,(H,2,3). The molecule has 5 rings (SSSR count).